The zero-order valence-corrected chi connectivity index (χ0v) is 21.4. The molecule has 5 rings (SSSR count). The van der Waals surface area contributed by atoms with E-state index in [9.17, 15) is 4.79 Å². The highest BCUT2D eigenvalue weighted by atomic mass is 16.5. The molecule has 1 amide bonds. The molecule has 192 valence electrons. The molecule has 2 N–H and O–H groups in total. The Labute approximate surface area is 212 Å². The molecule has 0 atom stereocenters. The second kappa shape index (κ2) is 11.4. The van der Waals surface area contributed by atoms with Crippen LogP contribution in [0.25, 0.3) is 10.9 Å². The Kier molecular flexibility index (Phi) is 7.79. The maximum Gasteiger partial charge on any atom is 0.274 e. The monoisotopic (exact) mass is 491 g/mol. The van der Waals surface area contributed by atoms with Crippen molar-refractivity contribution in [2.75, 3.05) is 64.8 Å². The van der Waals surface area contributed by atoms with Gasteiger partial charge in [0.15, 0.2) is 0 Å². The van der Waals surface area contributed by atoms with E-state index in [-0.39, 0.29) is 5.91 Å². The van der Waals surface area contributed by atoms with Crippen molar-refractivity contribution in [3.8, 4) is 5.75 Å². The quantitative estimate of drug-likeness (QED) is 0.501. The molecule has 0 radical (unpaired) electrons. The number of hydrogen-bond donors (Lipinski definition) is 2. The molecule has 0 saturated carbocycles. The van der Waals surface area contributed by atoms with Gasteiger partial charge in [-0.25, -0.2) is 4.98 Å². The standard InChI is InChI=1S/C27H37N7O2/c1-20-5-3-6-23(29-20)27(35)30-25-17-21-19-34(31-24(21)18-26(25)36-2)22-7-13-32(14-8-22)11-4-12-33-15-9-28-10-16-33/h3,5-6,17-19,22,28H,4,7-16H2,1-2H3,(H,30,35). The van der Waals surface area contributed by atoms with E-state index in [4.69, 9.17) is 9.84 Å². The number of nitrogens with zero attached hydrogens (tertiary/aromatic N) is 5. The first-order chi connectivity index (χ1) is 17.6. The van der Waals surface area contributed by atoms with Gasteiger partial charge < -0.3 is 25.2 Å². The molecule has 0 aliphatic carbocycles. The number of likely N-dealkylation sites (tertiary alicyclic amines) is 1. The Bertz CT molecular complexity index is 1180. The fraction of sp³-hybridized carbons (Fsp3) is 0.519. The van der Waals surface area contributed by atoms with Gasteiger partial charge in [0.05, 0.1) is 24.4 Å². The average Bonchev–Trinajstić information content (AvgIpc) is 3.32. The number of hydrogen-bond acceptors (Lipinski definition) is 7. The number of fused-ring (bicyclic) bond motifs is 1. The maximum atomic E-state index is 12.8. The second-order valence-corrected chi connectivity index (χ2v) is 9.86. The zero-order chi connectivity index (χ0) is 24.9. The van der Waals surface area contributed by atoms with E-state index in [1.54, 1.807) is 13.2 Å². The van der Waals surface area contributed by atoms with Gasteiger partial charge in [0.2, 0.25) is 0 Å². The van der Waals surface area contributed by atoms with E-state index in [1.165, 1.54) is 32.6 Å². The number of benzene rings is 1. The van der Waals surface area contributed by atoms with Crippen LogP contribution in [-0.2, 0) is 0 Å². The Morgan fingerprint density at radius 1 is 1.11 bits per heavy atom. The minimum absolute atomic E-state index is 0.256. The van der Waals surface area contributed by atoms with Crippen LogP contribution < -0.4 is 15.4 Å². The van der Waals surface area contributed by atoms with E-state index < -0.39 is 0 Å². The van der Waals surface area contributed by atoms with Crippen LogP contribution in [0.1, 0.15) is 41.5 Å². The first kappa shape index (κ1) is 24.7. The number of piperidine rings is 1. The summed E-state index contributed by atoms with van der Waals surface area (Å²) in [4.78, 5) is 22.2. The number of aromatic nitrogens is 3. The third kappa shape index (κ3) is 5.86. The number of aryl methyl sites for hydroxylation is 1. The van der Waals surface area contributed by atoms with Crippen LogP contribution in [0.2, 0.25) is 0 Å². The molecular formula is C27H37N7O2. The molecule has 0 bridgehead atoms. The molecule has 1 aromatic carbocycles. The number of methoxy groups -OCH3 is 1. The summed E-state index contributed by atoms with van der Waals surface area (Å²) in [6, 6.07) is 9.65. The summed E-state index contributed by atoms with van der Waals surface area (Å²) >= 11 is 0. The van der Waals surface area contributed by atoms with Crippen LogP contribution in [0.3, 0.4) is 0 Å². The molecule has 4 heterocycles. The number of pyridine rings is 1. The van der Waals surface area contributed by atoms with Gasteiger partial charge in [-0.2, -0.15) is 5.10 Å². The van der Waals surface area contributed by atoms with Gasteiger partial charge in [-0.1, -0.05) is 6.07 Å². The summed E-state index contributed by atoms with van der Waals surface area (Å²) in [6.07, 6.45) is 5.53. The van der Waals surface area contributed by atoms with Crippen molar-refractivity contribution < 1.29 is 9.53 Å². The number of anilines is 1. The summed E-state index contributed by atoms with van der Waals surface area (Å²) in [6.45, 7) is 11.0. The van der Waals surface area contributed by atoms with Crippen LogP contribution in [-0.4, -0.2) is 89.9 Å². The lowest BCUT2D eigenvalue weighted by Gasteiger charge is -2.33. The Morgan fingerprint density at radius 3 is 2.58 bits per heavy atom. The maximum absolute atomic E-state index is 12.8. The molecular weight excluding hydrogens is 454 g/mol. The number of amides is 1. The topological polar surface area (TPSA) is 87.5 Å². The van der Waals surface area contributed by atoms with Crippen molar-refractivity contribution in [1.82, 2.24) is 29.9 Å². The fourth-order valence-electron chi connectivity index (χ4n) is 5.24. The normalized spacial score (nSPS) is 17.9. The first-order valence-corrected chi connectivity index (χ1v) is 13.1. The molecule has 3 aromatic rings. The van der Waals surface area contributed by atoms with E-state index in [0.717, 1.165) is 55.6 Å². The van der Waals surface area contributed by atoms with Gasteiger partial charge in [0.25, 0.3) is 5.91 Å². The molecule has 9 nitrogen and oxygen atoms in total. The van der Waals surface area contributed by atoms with Gasteiger partial charge in [0, 0.05) is 62.6 Å². The fourth-order valence-corrected chi connectivity index (χ4v) is 5.24. The van der Waals surface area contributed by atoms with Crippen molar-refractivity contribution in [2.24, 2.45) is 0 Å². The minimum atomic E-state index is -0.256. The number of carbonyl (C=O) groups is 1. The van der Waals surface area contributed by atoms with Gasteiger partial charge in [-0.05, 0) is 57.5 Å². The molecule has 0 unspecified atom stereocenters. The summed E-state index contributed by atoms with van der Waals surface area (Å²) in [5, 5.41) is 12.2. The summed E-state index contributed by atoms with van der Waals surface area (Å²) in [7, 11) is 1.61. The Morgan fingerprint density at radius 2 is 1.86 bits per heavy atom. The predicted octanol–water partition coefficient (Wildman–Crippen LogP) is 2.93. The zero-order valence-electron chi connectivity index (χ0n) is 21.4. The van der Waals surface area contributed by atoms with Crippen molar-refractivity contribution in [3.63, 3.8) is 0 Å². The van der Waals surface area contributed by atoms with Crippen molar-refractivity contribution in [1.29, 1.82) is 0 Å². The van der Waals surface area contributed by atoms with Gasteiger partial charge in [0.1, 0.15) is 11.4 Å². The molecule has 9 heteroatoms. The molecule has 2 aliphatic rings. The van der Waals surface area contributed by atoms with E-state index in [0.29, 0.717) is 23.2 Å². The smallest absolute Gasteiger partial charge is 0.274 e. The van der Waals surface area contributed by atoms with Crippen LogP contribution >= 0.6 is 0 Å². The third-order valence-corrected chi connectivity index (χ3v) is 7.30. The average molecular weight is 492 g/mol. The Hall–Kier alpha value is -3.01. The highest BCUT2D eigenvalue weighted by Gasteiger charge is 2.22. The lowest BCUT2D eigenvalue weighted by Crippen LogP contribution is -2.44. The Balaban J connectivity index is 1.20. The van der Waals surface area contributed by atoms with E-state index in [1.807, 2.05) is 31.2 Å². The van der Waals surface area contributed by atoms with Crippen molar-refractivity contribution in [3.05, 3.63) is 47.9 Å². The van der Waals surface area contributed by atoms with E-state index in [2.05, 4.69) is 36.3 Å². The largest absolute Gasteiger partial charge is 0.494 e. The highest BCUT2D eigenvalue weighted by Crippen LogP contribution is 2.32. The van der Waals surface area contributed by atoms with Crippen molar-refractivity contribution >= 4 is 22.5 Å². The van der Waals surface area contributed by atoms with Crippen LogP contribution in [0.15, 0.2) is 36.5 Å². The number of rotatable bonds is 8. The van der Waals surface area contributed by atoms with Gasteiger partial charge >= 0.3 is 0 Å². The van der Waals surface area contributed by atoms with Crippen LogP contribution in [0.5, 0.6) is 5.75 Å². The lowest BCUT2D eigenvalue weighted by molar-refractivity contribution is 0.102. The molecule has 0 spiro atoms. The number of carbonyl (C=O) groups excluding carboxylic acids is 1. The molecule has 2 aliphatic heterocycles. The molecule has 36 heavy (non-hydrogen) atoms. The number of ether oxygens (including phenoxy) is 1. The second-order valence-electron chi connectivity index (χ2n) is 9.86. The third-order valence-electron chi connectivity index (χ3n) is 7.30. The van der Waals surface area contributed by atoms with Crippen molar-refractivity contribution in [2.45, 2.75) is 32.2 Å². The molecule has 2 aromatic heterocycles. The molecule has 2 fully saturated rings. The van der Waals surface area contributed by atoms with E-state index >= 15 is 0 Å². The predicted molar refractivity (Wildman–Crippen MR) is 142 cm³/mol. The SMILES string of the molecule is COc1cc2nn(C3CCN(CCCN4CCNCC4)CC3)cc2cc1NC(=O)c1cccc(C)n1. The van der Waals surface area contributed by atoms with Gasteiger partial charge in [-0.3, -0.25) is 9.48 Å². The summed E-state index contributed by atoms with van der Waals surface area (Å²) in [5.74, 6) is 0.334. The summed E-state index contributed by atoms with van der Waals surface area (Å²) in [5.41, 5.74) is 2.68. The summed E-state index contributed by atoms with van der Waals surface area (Å²) < 4.78 is 7.67. The number of piperazine rings is 1. The van der Waals surface area contributed by atoms with Crippen LogP contribution in [0, 0.1) is 6.92 Å². The highest BCUT2D eigenvalue weighted by molar-refractivity contribution is 6.05. The lowest BCUT2D eigenvalue weighted by atomic mass is 10.1. The van der Waals surface area contributed by atoms with Crippen LogP contribution in [0.4, 0.5) is 5.69 Å². The van der Waals surface area contributed by atoms with Gasteiger partial charge in [-0.15, -0.1) is 0 Å². The number of nitrogens with one attached hydrogen (secondary N) is 2. The first-order valence-electron chi connectivity index (χ1n) is 13.1. The minimum Gasteiger partial charge on any atom is -0.494 e. The molecule has 2 saturated heterocycles.